The second-order valence-electron chi connectivity index (χ2n) is 7.70. The van der Waals surface area contributed by atoms with E-state index in [2.05, 4.69) is 0 Å². The molecule has 0 spiro atoms. The molecule has 3 N–H and O–H groups in total. The van der Waals surface area contributed by atoms with Crippen molar-refractivity contribution >= 4 is 24.1 Å². The van der Waals surface area contributed by atoms with E-state index in [1.807, 2.05) is 0 Å². The molecule has 0 aliphatic rings. The van der Waals surface area contributed by atoms with E-state index in [1.165, 1.54) is 18.2 Å². The SMILES string of the molecule is CCC(=O)Oc1ccc(C(C(C)COC(=O)Oc2ccccc2)[C@H](N)C(=O)O)cc1OC(=O)CC. The van der Waals surface area contributed by atoms with E-state index in [9.17, 15) is 24.3 Å². The number of benzene rings is 2. The first-order valence-corrected chi connectivity index (χ1v) is 11.1. The molecule has 2 aromatic rings. The molecule has 188 valence electrons. The summed E-state index contributed by atoms with van der Waals surface area (Å²) in [5, 5.41) is 9.58. The summed E-state index contributed by atoms with van der Waals surface area (Å²) in [4.78, 5) is 47.5. The zero-order valence-electron chi connectivity index (χ0n) is 19.8. The van der Waals surface area contributed by atoms with E-state index in [0.717, 1.165) is 0 Å². The third kappa shape index (κ3) is 8.11. The summed E-state index contributed by atoms with van der Waals surface area (Å²) in [6.45, 7) is 4.67. The lowest BCUT2D eigenvalue weighted by Crippen LogP contribution is -2.40. The molecule has 2 unspecified atom stereocenters. The molecule has 35 heavy (non-hydrogen) atoms. The standard InChI is InChI=1S/C25H29NO9/c1-4-20(27)34-18-12-11-16(13-19(18)35-21(28)5-2)22(23(26)24(29)30)15(3)14-32-25(31)33-17-9-7-6-8-10-17/h6-13,15,22-23H,4-5,14,26H2,1-3H3,(H,29,30)/t15?,22?,23-/m0/s1. The van der Waals surface area contributed by atoms with E-state index < -0.39 is 41.9 Å². The van der Waals surface area contributed by atoms with Crippen LogP contribution in [0.2, 0.25) is 0 Å². The van der Waals surface area contributed by atoms with Crippen LogP contribution in [0.1, 0.15) is 45.1 Å². The van der Waals surface area contributed by atoms with Crippen molar-refractivity contribution in [3.63, 3.8) is 0 Å². The molecule has 0 bridgehead atoms. The molecule has 2 aromatic carbocycles. The van der Waals surface area contributed by atoms with E-state index in [0.29, 0.717) is 11.3 Å². The predicted octanol–water partition coefficient (Wildman–Crippen LogP) is 3.66. The smallest absolute Gasteiger partial charge is 0.480 e. The Labute approximate surface area is 202 Å². The fraction of sp³-hybridized carbons (Fsp3) is 0.360. The van der Waals surface area contributed by atoms with Crippen molar-refractivity contribution in [1.82, 2.24) is 0 Å². The minimum Gasteiger partial charge on any atom is -0.480 e. The molecular formula is C25H29NO9. The first-order valence-electron chi connectivity index (χ1n) is 11.1. The molecule has 0 amide bonds. The zero-order chi connectivity index (χ0) is 26.0. The number of carboxylic acids is 1. The Morgan fingerprint density at radius 2 is 1.49 bits per heavy atom. The van der Waals surface area contributed by atoms with Gasteiger partial charge in [-0.2, -0.15) is 0 Å². The molecule has 0 fully saturated rings. The van der Waals surface area contributed by atoms with Crippen molar-refractivity contribution in [3.05, 3.63) is 54.1 Å². The van der Waals surface area contributed by atoms with Crippen molar-refractivity contribution < 1.29 is 43.2 Å². The summed E-state index contributed by atoms with van der Waals surface area (Å²) in [6.07, 6.45) is -0.787. The van der Waals surface area contributed by atoms with E-state index in [-0.39, 0.29) is 30.9 Å². The van der Waals surface area contributed by atoms with E-state index in [4.69, 9.17) is 24.7 Å². The quantitative estimate of drug-likeness (QED) is 0.273. The molecule has 2 rings (SSSR count). The first-order chi connectivity index (χ1) is 16.7. The number of hydrogen-bond donors (Lipinski definition) is 2. The number of carboxylic acid groups (broad SMARTS) is 1. The number of esters is 2. The second kappa shape index (κ2) is 13.1. The van der Waals surface area contributed by atoms with Gasteiger partial charge in [0, 0.05) is 18.8 Å². The van der Waals surface area contributed by atoms with Gasteiger partial charge in [-0.05, 0) is 35.7 Å². The number of para-hydroxylation sites is 1. The summed E-state index contributed by atoms with van der Waals surface area (Å²) in [5.74, 6) is -3.56. The Bertz CT molecular complexity index is 1040. The third-order valence-electron chi connectivity index (χ3n) is 5.07. The molecule has 0 heterocycles. The monoisotopic (exact) mass is 487 g/mol. The number of hydrogen-bond acceptors (Lipinski definition) is 9. The zero-order valence-corrected chi connectivity index (χ0v) is 19.8. The van der Waals surface area contributed by atoms with Crippen LogP contribution in [-0.2, 0) is 19.1 Å². The van der Waals surface area contributed by atoms with Crippen LogP contribution in [0.5, 0.6) is 17.2 Å². The summed E-state index contributed by atoms with van der Waals surface area (Å²) >= 11 is 0. The lowest BCUT2D eigenvalue weighted by Gasteiger charge is -2.28. The van der Waals surface area contributed by atoms with Crippen LogP contribution in [0, 0.1) is 5.92 Å². The van der Waals surface area contributed by atoms with Crippen molar-refractivity contribution in [2.45, 2.75) is 45.6 Å². The molecule has 0 saturated heterocycles. The normalized spacial score (nSPS) is 13.1. The maximum absolute atomic E-state index is 12.1. The van der Waals surface area contributed by atoms with Gasteiger partial charge in [0.1, 0.15) is 11.8 Å². The Morgan fingerprint density at radius 3 is 2.06 bits per heavy atom. The van der Waals surface area contributed by atoms with Crippen LogP contribution < -0.4 is 19.9 Å². The van der Waals surface area contributed by atoms with E-state index in [1.54, 1.807) is 51.1 Å². The van der Waals surface area contributed by atoms with Crippen LogP contribution >= 0.6 is 0 Å². The van der Waals surface area contributed by atoms with Crippen molar-refractivity contribution in [2.75, 3.05) is 6.61 Å². The van der Waals surface area contributed by atoms with Gasteiger partial charge in [0.2, 0.25) is 0 Å². The average Bonchev–Trinajstić information content (AvgIpc) is 2.84. The number of carbonyl (C=O) groups is 4. The van der Waals surface area contributed by atoms with Crippen LogP contribution in [-0.4, -0.2) is 41.8 Å². The summed E-state index contributed by atoms with van der Waals surface area (Å²) in [7, 11) is 0. The van der Waals surface area contributed by atoms with Gasteiger partial charge in [0.05, 0.1) is 6.61 Å². The molecule has 0 aromatic heterocycles. The summed E-state index contributed by atoms with van der Waals surface area (Å²) in [5.41, 5.74) is 6.37. The third-order valence-corrected chi connectivity index (χ3v) is 5.07. The van der Waals surface area contributed by atoms with Crippen molar-refractivity contribution in [2.24, 2.45) is 11.7 Å². The molecule has 0 saturated carbocycles. The molecular weight excluding hydrogens is 458 g/mol. The molecule has 0 radical (unpaired) electrons. The molecule has 10 heteroatoms. The fourth-order valence-electron chi connectivity index (χ4n) is 3.25. The van der Waals surface area contributed by atoms with Crippen LogP contribution in [0.4, 0.5) is 4.79 Å². The van der Waals surface area contributed by atoms with Crippen LogP contribution in [0.3, 0.4) is 0 Å². The maximum Gasteiger partial charge on any atom is 0.513 e. The highest BCUT2D eigenvalue weighted by Gasteiger charge is 2.33. The largest absolute Gasteiger partial charge is 0.513 e. The minimum absolute atomic E-state index is 0.0142. The van der Waals surface area contributed by atoms with Gasteiger partial charge in [-0.15, -0.1) is 0 Å². The molecule has 3 atom stereocenters. The van der Waals surface area contributed by atoms with Gasteiger partial charge in [-0.25, -0.2) is 4.79 Å². The highest BCUT2D eigenvalue weighted by atomic mass is 16.7. The second-order valence-corrected chi connectivity index (χ2v) is 7.70. The number of carbonyl (C=O) groups excluding carboxylic acids is 3. The fourth-order valence-corrected chi connectivity index (χ4v) is 3.25. The number of aliphatic carboxylic acids is 1. The number of nitrogens with two attached hydrogens (primary N) is 1. The summed E-state index contributed by atoms with van der Waals surface area (Å²) < 4.78 is 20.8. The first kappa shape index (κ1) is 27.3. The number of rotatable bonds is 11. The molecule has 0 aliphatic carbocycles. The van der Waals surface area contributed by atoms with Gasteiger partial charge in [-0.3, -0.25) is 14.4 Å². The highest BCUT2D eigenvalue weighted by molar-refractivity contribution is 5.77. The van der Waals surface area contributed by atoms with Crippen LogP contribution in [0.25, 0.3) is 0 Å². The van der Waals surface area contributed by atoms with Gasteiger partial charge in [-0.1, -0.05) is 45.0 Å². The lowest BCUT2D eigenvalue weighted by molar-refractivity contribution is -0.139. The van der Waals surface area contributed by atoms with Gasteiger partial charge < -0.3 is 29.8 Å². The van der Waals surface area contributed by atoms with Crippen molar-refractivity contribution in [1.29, 1.82) is 0 Å². The molecule has 0 aliphatic heterocycles. The van der Waals surface area contributed by atoms with E-state index >= 15 is 0 Å². The minimum atomic E-state index is -1.38. The number of ether oxygens (including phenoxy) is 4. The van der Waals surface area contributed by atoms with Gasteiger partial charge in [0.25, 0.3) is 0 Å². The highest BCUT2D eigenvalue weighted by Crippen LogP contribution is 2.36. The lowest BCUT2D eigenvalue weighted by atomic mass is 9.82. The van der Waals surface area contributed by atoms with Crippen molar-refractivity contribution in [3.8, 4) is 17.2 Å². The topological polar surface area (TPSA) is 151 Å². The Morgan fingerprint density at radius 1 is 0.886 bits per heavy atom. The molecule has 10 nitrogen and oxygen atoms in total. The maximum atomic E-state index is 12.1. The Kier molecular flexibility index (Phi) is 10.2. The van der Waals surface area contributed by atoms with Crippen LogP contribution in [0.15, 0.2) is 48.5 Å². The Hall–Kier alpha value is -3.92. The Balaban J connectivity index is 2.28. The van der Waals surface area contributed by atoms with Gasteiger partial charge >= 0.3 is 24.1 Å². The predicted molar refractivity (Wildman–Crippen MR) is 124 cm³/mol. The van der Waals surface area contributed by atoms with Gasteiger partial charge in [0.15, 0.2) is 11.5 Å². The summed E-state index contributed by atoms with van der Waals surface area (Å²) in [6, 6.07) is 11.3. The average molecular weight is 488 g/mol.